The summed E-state index contributed by atoms with van der Waals surface area (Å²) >= 11 is 6.12. The molecule has 0 aliphatic heterocycles. The minimum Gasteiger partial charge on any atom is -0.495 e. The predicted molar refractivity (Wildman–Crippen MR) is 105 cm³/mol. The molecule has 1 aromatic heterocycles. The molecule has 0 spiro atoms. The normalized spacial score (nSPS) is 10.4. The van der Waals surface area contributed by atoms with Crippen LogP contribution in [0.5, 0.6) is 5.75 Å². The Morgan fingerprint density at radius 3 is 2.74 bits per heavy atom. The number of halogens is 2. The van der Waals surface area contributed by atoms with Crippen molar-refractivity contribution >= 4 is 34.7 Å². The number of carbonyl (C=O) groups is 1. The van der Waals surface area contributed by atoms with Gasteiger partial charge in [-0.05, 0) is 48.9 Å². The largest absolute Gasteiger partial charge is 0.495 e. The Balaban J connectivity index is 1.82. The van der Waals surface area contributed by atoms with Crippen molar-refractivity contribution in [2.45, 2.75) is 6.92 Å². The van der Waals surface area contributed by atoms with Crippen molar-refractivity contribution < 1.29 is 13.9 Å². The van der Waals surface area contributed by atoms with E-state index in [0.717, 1.165) is 5.56 Å². The zero-order chi connectivity index (χ0) is 19.4. The lowest BCUT2D eigenvalue weighted by Crippen LogP contribution is -2.12. The first kappa shape index (κ1) is 18.7. The van der Waals surface area contributed by atoms with Gasteiger partial charge in [-0.1, -0.05) is 17.7 Å². The molecule has 3 aromatic rings. The Hall–Kier alpha value is -3.12. The number of amides is 1. The molecule has 0 aliphatic carbocycles. The van der Waals surface area contributed by atoms with E-state index in [-0.39, 0.29) is 5.91 Å². The van der Waals surface area contributed by atoms with Gasteiger partial charge in [0, 0.05) is 28.5 Å². The number of aromatic nitrogens is 1. The van der Waals surface area contributed by atoms with Crippen LogP contribution in [0.4, 0.5) is 21.6 Å². The summed E-state index contributed by atoms with van der Waals surface area (Å²) in [5.41, 5.74) is 2.30. The molecule has 1 amide bonds. The van der Waals surface area contributed by atoms with Gasteiger partial charge < -0.3 is 15.4 Å². The molecule has 138 valence electrons. The van der Waals surface area contributed by atoms with Crippen LogP contribution in [0.15, 0.2) is 54.7 Å². The average molecular weight is 386 g/mol. The molecule has 1 heterocycles. The third-order valence-corrected chi connectivity index (χ3v) is 4.26. The lowest BCUT2D eigenvalue weighted by atomic mass is 10.2. The Kier molecular flexibility index (Phi) is 5.57. The second-order valence-corrected chi connectivity index (χ2v) is 6.23. The number of hydrogen-bond donors (Lipinski definition) is 2. The summed E-state index contributed by atoms with van der Waals surface area (Å²) in [6, 6.07) is 12.4. The monoisotopic (exact) mass is 385 g/mol. The van der Waals surface area contributed by atoms with Crippen molar-refractivity contribution in [3.05, 3.63) is 76.7 Å². The molecule has 5 nitrogen and oxygen atoms in total. The number of nitrogens with one attached hydrogen (secondary N) is 2. The minimum absolute atomic E-state index is 0.370. The number of benzene rings is 2. The minimum atomic E-state index is -0.421. The van der Waals surface area contributed by atoms with Crippen molar-refractivity contribution in [3.8, 4) is 5.75 Å². The third kappa shape index (κ3) is 4.54. The first-order valence-corrected chi connectivity index (χ1v) is 8.48. The molecule has 0 bridgehead atoms. The lowest BCUT2D eigenvalue weighted by molar-refractivity contribution is 0.102. The van der Waals surface area contributed by atoms with Crippen LogP contribution in [0, 0.1) is 12.7 Å². The van der Waals surface area contributed by atoms with Gasteiger partial charge in [-0.15, -0.1) is 0 Å². The van der Waals surface area contributed by atoms with Gasteiger partial charge in [0.1, 0.15) is 17.4 Å². The Bertz CT molecular complexity index is 995. The molecule has 0 fully saturated rings. The first-order valence-electron chi connectivity index (χ1n) is 8.10. The highest BCUT2D eigenvalue weighted by Crippen LogP contribution is 2.32. The number of methoxy groups -OCH3 is 1. The van der Waals surface area contributed by atoms with Crippen LogP contribution in [-0.4, -0.2) is 18.0 Å². The van der Waals surface area contributed by atoms with Gasteiger partial charge >= 0.3 is 0 Å². The van der Waals surface area contributed by atoms with E-state index >= 15 is 0 Å². The van der Waals surface area contributed by atoms with Crippen molar-refractivity contribution in [1.82, 2.24) is 4.98 Å². The Morgan fingerprint density at radius 1 is 1.19 bits per heavy atom. The quantitative estimate of drug-likeness (QED) is 0.634. The van der Waals surface area contributed by atoms with Crippen molar-refractivity contribution in [2.24, 2.45) is 0 Å². The van der Waals surface area contributed by atoms with Gasteiger partial charge in [0.2, 0.25) is 0 Å². The fourth-order valence-electron chi connectivity index (χ4n) is 2.48. The summed E-state index contributed by atoms with van der Waals surface area (Å²) in [4.78, 5) is 16.6. The van der Waals surface area contributed by atoms with Crippen molar-refractivity contribution in [1.29, 1.82) is 0 Å². The summed E-state index contributed by atoms with van der Waals surface area (Å²) in [5, 5.41) is 6.37. The smallest absolute Gasteiger partial charge is 0.255 e. The number of anilines is 3. The standard InChI is InChI=1S/C20H17ClFN3O2/c1-12-8-17(18(27-2)11-16(12)21)25-19-9-13(6-7-23-19)20(26)24-15-5-3-4-14(22)10-15/h3-11H,1-2H3,(H,23,25)(H,24,26). The van der Waals surface area contributed by atoms with Gasteiger partial charge in [0.05, 0.1) is 12.8 Å². The molecule has 0 saturated heterocycles. The van der Waals surface area contributed by atoms with E-state index in [9.17, 15) is 9.18 Å². The van der Waals surface area contributed by atoms with Crippen molar-refractivity contribution in [3.63, 3.8) is 0 Å². The average Bonchev–Trinajstić information content (AvgIpc) is 2.65. The molecule has 2 aromatic carbocycles. The fraction of sp³-hybridized carbons (Fsp3) is 0.100. The van der Waals surface area contributed by atoms with Gasteiger partial charge in [0.25, 0.3) is 5.91 Å². The fourth-order valence-corrected chi connectivity index (χ4v) is 2.63. The first-order chi connectivity index (χ1) is 13.0. The van der Waals surface area contributed by atoms with Gasteiger partial charge in [-0.25, -0.2) is 9.37 Å². The van der Waals surface area contributed by atoms with Crippen LogP contribution in [0.25, 0.3) is 0 Å². The van der Waals surface area contributed by atoms with E-state index in [1.165, 1.54) is 24.4 Å². The van der Waals surface area contributed by atoms with Crippen LogP contribution < -0.4 is 15.4 Å². The van der Waals surface area contributed by atoms with Crippen LogP contribution in [-0.2, 0) is 0 Å². The highest BCUT2D eigenvalue weighted by atomic mass is 35.5. The molecular formula is C20H17ClFN3O2. The van der Waals surface area contributed by atoms with E-state index in [4.69, 9.17) is 16.3 Å². The van der Waals surface area contributed by atoms with Crippen molar-refractivity contribution in [2.75, 3.05) is 17.7 Å². The number of aryl methyl sites for hydroxylation is 1. The number of ether oxygens (including phenoxy) is 1. The Morgan fingerprint density at radius 2 is 2.00 bits per heavy atom. The van der Waals surface area contributed by atoms with E-state index in [0.29, 0.717) is 33.5 Å². The maximum absolute atomic E-state index is 13.3. The van der Waals surface area contributed by atoms with Gasteiger partial charge in [-0.2, -0.15) is 0 Å². The van der Waals surface area contributed by atoms with E-state index < -0.39 is 5.82 Å². The molecule has 7 heteroatoms. The topological polar surface area (TPSA) is 63.2 Å². The lowest BCUT2D eigenvalue weighted by Gasteiger charge is -2.13. The zero-order valence-electron chi connectivity index (χ0n) is 14.7. The summed E-state index contributed by atoms with van der Waals surface area (Å²) in [6.07, 6.45) is 1.51. The predicted octanol–water partition coefficient (Wildman–Crippen LogP) is 5.19. The molecule has 2 N–H and O–H groups in total. The van der Waals surface area contributed by atoms with Crippen LogP contribution >= 0.6 is 11.6 Å². The van der Waals surface area contributed by atoms with Crippen LogP contribution in [0.3, 0.4) is 0 Å². The van der Waals surface area contributed by atoms with E-state index in [1.807, 2.05) is 13.0 Å². The SMILES string of the molecule is COc1cc(Cl)c(C)cc1Nc1cc(C(=O)Nc2cccc(F)c2)ccn1. The van der Waals surface area contributed by atoms with Crippen LogP contribution in [0.2, 0.25) is 5.02 Å². The summed E-state index contributed by atoms with van der Waals surface area (Å²) < 4.78 is 18.6. The summed E-state index contributed by atoms with van der Waals surface area (Å²) in [7, 11) is 1.54. The maximum Gasteiger partial charge on any atom is 0.255 e. The number of rotatable bonds is 5. The van der Waals surface area contributed by atoms with Gasteiger partial charge in [0.15, 0.2) is 0 Å². The molecule has 0 atom stereocenters. The molecule has 0 unspecified atom stereocenters. The number of hydrogen-bond acceptors (Lipinski definition) is 4. The zero-order valence-corrected chi connectivity index (χ0v) is 15.5. The molecule has 3 rings (SSSR count). The molecule has 0 aliphatic rings. The maximum atomic E-state index is 13.3. The second-order valence-electron chi connectivity index (χ2n) is 5.82. The Labute approximate surface area is 161 Å². The molecular weight excluding hydrogens is 369 g/mol. The third-order valence-electron chi connectivity index (χ3n) is 3.85. The molecule has 0 radical (unpaired) electrons. The highest BCUT2D eigenvalue weighted by molar-refractivity contribution is 6.31. The van der Waals surface area contributed by atoms with Crippen LogP contribution in [0.1, 0.15) is 15.9 Å². The molecule has 0 saturated carbocycles. The van der Waals surface area contributed by atoms with E-state index in [1.54, 1.807) is 31.4 Å². The number of pyridine rings is 1. The summed E-state index contributed by atoms with van der Waals surface area (Å²) in [5.74, 6) is 0.226. The van der Waals surface area contributed by atoms with Gasteiger partial charge in [-0.3, -0.25) is 4.79 Å². The second kappa shape index (κ2) is 8.05. The molecule has 27 heavy (non-hydrogen) atoms. The highest BCUT2D eigenvalue weighted by Gasteiger charge is 2.11. The summed E-state index contributed by atoms with van der Waals surface area (Å²) in [6.45, 7) is 1.88. The van der Waals surface area contributed by atoms with E-state index in [2.05, 4.69) is 15.6 Å². The number of carbonyl (C=O) groups excluding carboxylic acids is 1. The number of nitrogens with zero attached hydrogens (tertiary/aromatic N) is 1.